The summed E-state index contributed by atoms with van der Waals surface area (Å²) in [5.74, 6) is 0.378. The highest BCUT2D eigenvalue weighted by molar-refractivity contribution is 5.87. The number of benzene rings is 3. The number of nitrogens with one attached hydrogen (secondary N) is 1. The van der Waals surface area contributed by atoms with E-state index in [9.17, 15) is 10.2 Å². The molecule has 3 heterocycles. The van der Waals surface area contributed by atoms with Gasteiger partial charge in [-0.25, -0.2) is 14.6 Å². The molecule has 5 aromatic rings. The first-order chi connectivity index (χ1) is 21.1. The fraction of sp³-hybridized carbons (Fsp3) is 0.324. The third kappa shape index (κ3) is 5.77. The number of ether oxygens (including phenoxy) is 1. The van der Waals surface area contributed by atoms with E-state index >= 15 is 0 Å². The maximum Gasteiger partial charge on any atom is 0.186 e. The van der Waals surface area contributed by atoms with Gasteiger partial charge in [0.15, 0.2) is 11.9 Å². The van der Waals surface area contributed by atoms with Crippen LogP contribution in [0.5, 0.6) is 0 Å². The Morgan fingerprint density at radius 3 is 2.02 bits per heavy atom. The van der Waals surface area contributed by atoms with Crippen LogP contribution in [0.2, 0.25) is 0 Å². The van der Waals surface area contributed by atoms with E-state index in [1.165, 1.54) is 23.0 Å². The largest absolute Gasteiger partial charge is 0.394 e. The van der Waals surface area contributed by atoms with E-state index in [0.29, 0.717) is 24.3 Å². The molecule has 2 aromatic heterocycles. The van der Waals surface area contributed by atoms with Gasteiger partial charge in [-0.05, 0) is 42.5 Å². The van der Waals surface area contributed by atoms with Gasteiger partial charge in [0.05, 0.1) is 29.3 Å². The van der Waals surface area contributed by atoms with Crippen molar-refractivity contribution < 1.29 is 14.9 Å². The molecule has 1 unspecified atom stereocenters. The molecule has 3 aromatic carbocycles. The molecule has 0 bridgehead atoms. The van der Waals surface area contributed by atoms with Crippen LogP contribution in [0, 0.1) is 0 Å². The van der Waals surface area contributed by atoms with Crippen LogP contribution in [0.3, 0.4) is 0 Å². The number of rotatable bonds is 12. The van der Waals surface area contributed by atoms with Crippen molar-refractivity contribution in [1.82, 2.24) is 25.1 Å². The molecule has 0 radical (unpaired) electrons. The van der Waals surface area contributed by atoms with E-state index in [1.807, 2.05) is 0 Å². The van der Waals surface area contributed by atoms with Crippen LogP contribution >= 0.6 is 0 Å². The lowest BCUT2D eigenvalue weighted by atomic mass is 9.77. The van der Waals surface area contributed by atoms with E-state index in [2.05, 4.69) is 111 Å². The van der Waals surface area contributed by atoms with E-state index in [-0.39, 0.29) is 6.61 Å². The average molecular weight is 579 g/mol. The van der Waals surface area contributed by atoms with Crippen molar-refractivity contribution in [2.24, 2.45) is 0 Å². The maximum absolute atomic E-state index is 10.3. The van der Waals surface area contributed by atoms with Gasteiger partial charge in [-0.3, -0.25) is 5.32 Å². The SMILES string of the molecule is Nc1ncnc2nn(C3C[C@H](O)[C@@H](CO)O3)c(CCCCCNC(c3ccccc3)(c3ccccc3)c3ccccc3)c12. The van der Waals surface area contributed by atoms with E-state index in [0.717, 1.165) is 36.9 Å². The summed E-state index contributed by atoms with van der Waals surface area (Å²) in [6.07, 6.45) is 3.36. The molecular formula is C34H38N6O3. The zero-order chi connectivity index (χ0) is 29.6. The monoisotopic (exact) mass is 578 g/mol. The number of nitrogen functional groups attached to an aromatic ring is 1. The standard InChI is InChI=1S/C34H38N6O3/c35-32-31-27(40(39-33(31)37-23-36-32)30-21-28(42)29(22-41)43-30)19-11-4-12-20-38-34(24-13-5-1-6-14-24,25-15-7-2-8-16-25)26-17-9-3-10-18-26/h1-3,5-10,13-18,23,28-30,38,41-42H,4,11-12,19-22H2,(H2,35,36,37,39)/t28-,29+,30?/m0/s1. The number of nitrogens with zero attached hydrogens (tertiary/aromatic N) is 4. The number of fused-ring (bicyclic) bond motifs is 1. The Morgan fingerprint density at radius 2 is 1.47 bits per heavy atom. The minimum absolute atomic E-state index is 0.251. The van der Waals surface area contributed by atoms with Crippen molar-refractivity contribution in [3.05, 3.63) is 120 Å². The second-order valence-electron chi connectivity index (χ2n) is 11.0. The molecule has 0 spiro atoms. The van der Waals surface area contributed by atoms with Crippen LogP contribution in [0.25, 0.3) is 11.0 Å². The summed E-state index contributed by atoms with van der Waals surface area (Å²) in [5, 5.41) is 29.3. The van der Waals surface area contributed by atoms with E-state index in [4.69, 9.17) is 10.5 Å². The summed E-state index contributed by atoms with van der Waals surface area (Å²) < 4.78 is 7.70. The van der Waals surface area contributed by atoms with Crippen LogP contribution in [-0.2, 0) is 16.7 Å². The number of hydrogen-bond donors (Lipinski definition) is 4. The lowest BCUT2D eigenvalue weighted by Crippen LogP contribution is -2.45. The number of hydrogen-bond acceptors (Lipinski definition) is 8. The molecule has 222 valence electrons. The average Bonchev–Trinajstić information content (AvgIpc) is 3.62. The molecule has 43 heavy (non-hydrogen) atoms. The molecular weight excluding hydrogens is 540 g/mol. The van der Waals surface area contributed by atoms with Crippen LogP contribution in [-0.4, -0.2) is 55.3 Å². The fourth-order valence-electron chi connectivity index (χ4n) is 6.27. The second-order valence-corrected chi connectivity index (χ2v) is 11.0. The van der Waals surface area contributed by atoms with Gasteiger partial charge in [-0.15, -0.1) is 5.10 Å². The number of anilines is 1. The van der Waals surface area contributed by atoms with Gasteiger partial charge in [0.1, 0.15) is 18.2 Å². The Bertz CT molecular complexity index is 1520. The van der Waals surface area contributed by atoms with Gasteiger partial charge >= 0.3 is 0 Å². The molecule has 1 saturated heterocycles. The van der Waals surface area contributed by atoms with Gasteiger partial charge in [0.25, 0.3) is 0 Å². The summed E-state index contributed by atoms with van der Waals surface area (Å²) in [6.45, 7) is 0.555. The van der Waals surface area contributed by atoms with E-state index < -0.39 is 24.0 Å². The molecule has 1 fully saturated rings. The molecule has 5 N–H and O–H groups in total. The van der Waals surface area contributed by atoms with Gasteiger partial charge in [0, 0.05) is 6.42 Å². The number of aliphatic hydroxyl groups excluding tert-OH is 2. The van der Waals surface area contributed by atoms with Crippen LogP contribution < -0.4 is 11.1 Å². The summed E-state index contributed by atoms with van der Waals surface area (Å²) >= 11 is 0. The Balaban J connectivity index is 1.19. The van der Waals surface area contributed by atoms with Crippen LogP contribution in [0.4, 0.5) is 5.82 Å². The molecule has 0 saturated carbocycles. The number of aromatic nitrogens is 4. The van der Waals surface area contributed by atoms with E-state index in [1.54, 1.807) is 4.68 Å². The molecule has 6 rings (SSSR count). The van der Waals surface area contributed by atoms with Gasteiger partial charge in [-0.1, -0.05) is 97.4 Å². The smallest absolute Gasteiger partial charge is 0.186 e. The third-order valence-corrected chi connectivity index (χ3v) is 8.38. The number of aliphatic hydroxyl groups is 2. The Labute approximate surface area is 251 Å². The number of aryl methyl sites for hydroxylation is 1. The minimum Gasteiger partial charge on any atom is -0.394 e. The fourth-order valence-corrected chi connectivity index (χ4v) is 6.27. The number of nitrogens with two attached hydrogens (primary N) is 1. The van der Waals surface area contributed by atoms with Crippen molar-refractivity contribution in [1.29, 1.82) is 0 Å². The normalized spacial score (nSPS) is 18.8. The van der Waals surface area contributed by atoms with Crippen molar-refractivity contribution in [2.45, 2.75) is 56.1 Å². The highest BCUT2D eigenvalue weighted by Crippen LogP contribution is 2.37. The van der Waals surface area contributed by atoms with Crippen molar-refractivity contribution >= 4 is 16.9 Å². The van der Waals surface area contributed by atoms with Gasteiger partial charge in [0.2, 0.25) is 0 Å². The number of unbranched alkanes of at least 4 members (excludes halogenated alkanes) is 2. The lowest BCUT2D eigenvalue weighted by molar-refractivity contribution is -0.0491. The summed E-state index contributed by atoms with van der Waals surface area (Å²) in [7, 11) is 0. The Morgan fingerprint density at radius 1 is 0.860 bits per heavy atom. The van der Waals surface area contributed by atoms with Crippen molar-refractivity contribution in [3.8, 4) is 0 Å². The van der Waals surface area contributed by atoms with Crippen LogP contribution in [0.15, 0.2) is 97.3 Å². The molecule has 3 atom stereocenters. The predicted octanol–water partition coefficient (Wildman–Crippen LogP) is 4.34. The lowest BCUT2D eigenvalue weighted by Gasteiger charge is -2.37. The Hall–Kier alpha value is -4.15. The first-order valence-electron chi connectivity index (χ1n) is 15.0. The molecule has 0 amide bonds. The van der Waals surface area contributed by atoms with Crippen molar-refractivity contribution in [2.75, 3.05) is 18.9 Å². The Kier molecular flexibility index (Phi) is 8.76. The van der Waals surface area contributed by atoms with Gasteiger partial charge < -0.3 is 20.7 Å². The molecule has 9 nitrogen and oxygen atoms in total. The topological polar surface area (TPSA) is 131 Å². The molecule has 9 heteroatoms. The zero-order valence-corrected chi connectivity index (χ0v) is 24.1. The third-order valence-electron chi connectivity index (χ3n) is 8.38. The van der Waals surface area contributed by atoms with Gasteiger partial charge in [-0.2, -0.15) is 0 Å². The minimum atomic E-state index is -0.760. The summed E-state index contributed by atoms with van der Waals surface area (Å²) in [4.78, 5) is 8.52. The first kappa shape index (κ1) is 28.9. The zero-order valence-electron chi connectivity index (χ0n) is 24.1. The molecule has 1 aliphatic heterocycles. The van der Waals surface area contributed by atoms with Crippen molar-refractivity contribution in [3.63, 3.8) is 0 Å². The maximum atomic E-state index is 10.3. The highest BCUT2D eigenvalue weighted by atomic mass is 16.5. The second kappa shape index (κ2) is 13.0. The highest BCUT2D eigenvalue weighted by Gasteiger charge is 2.37. The summed E-state index contributed by atoms with van der Waals surface area (Å²) in [5.41, 5.74) is 10.8. The molecule has 1 aliphatic rings. The molecule has 0 aliphatic carbocycles. The predicted molar refractivity (Wildman–Crippen MR) is 166 cm³/mol. The summed E-state index contributed by atoms with van der Waals surface area (Å²) in [6, 6.07) is 31.9. The first-order valence-corrected chi connectivity index (χ1v) is 15.0. The van der Waals surface area contributed by atoms with Crippen LogP contribution in [0.1, 0.15) is 54.3 Å². The quantitative estimate of drug-likeness (QED) is 0.127.